The van der Waals surface area contributed by atoms with Gasteiger partial charge in [-0.25, -0.2) is 9.78 Å². The molecule has 0 aliphatic heterocycles. The molecule has 0 aliphatic carbocycles. The van der Waals surface area contributed by atoms with Crippen molar-refractivity contribution in [2.45, 2.75) is 86.4 Å². The molecule has 0 saturated carbocycles. The van der Waals surface area contributed by atoms with E-state index in [1.165, 1.54) is 0 Å². The normalized spacial score (nSPS) is 13.0. The minimum absolute atomic E-state index is 0.384. The number of aromatic nitrogens is 2. The summed E-state index contributed by atoms with van der Waals surface area (Å²) in [6.07, 6.45) is 4.12. The summed E-state index contributed by atoms with van der Waals surface area (Å²) in [5.74, 6) is 1.82. The largest absolute Gasteiger partial charge is 0.444 e. The van der Waals surface area contributed by atoms with Crippen LogP contribution in [0.25, 0.3) is 0 Å². The predicted octanol–water partition coefficient (Wildman–Crippen LogP) is 4.66. The van der Waals surface area contributed by atoms with E-state index >= 15 is 0 Å². The Hall–Kier alpha value is -1.52. The average molecular weight is 352 g/mol. The van der Waals surface area contributed by atoms with E-state index in [1.54, 1.807) is 0 Å². The van der Waals surface area contributed by atoms with Gasteiger partial charge in [0.05, 0.1) is 6.33 Å². The molecular formula is C20H37N3O2. The molecule has 0 aromatic carbocycles. The first-order valence-electron chi connectivity index (χ1n) is 9.31. The van der Waals surface area contributed by atoms with Crippen LogP contribution < -0.4 is 5.32 Å². The van der Waals surface area contributed by atoms with Crippen LogP contribution in [0, 0.1) is 17.8 Å². The van der Waals surface area contributed by atoms with Gasteiger partial charge in [0.25, 0.3) is 0 Å². The number of amides is 1. The van der Waals surface area contributed by atoms with Gasteiger partial charge in [0, 0.05) is 30.4 Å². The van der Waals surface area contributed by atoms with Crippen LogP contribution in [0.2, 0.25) is 0 Å². The standard InChI is InChI=1S/C20H37N3O2/c1-14(2)17(15(3)4)12-23-13-21-11-16(23)10-20(8,9)22-18(24)25-19(5,6)7/h11,13-15,17H,10,12H2,1-9H3,(H,22,24). The molecule has 1 amide bonds. The fourth-order valence-electron chi connectivity index (χ4n) is 3.16. The Balaban J connectivity index is 2.80. The molecule has 0 fully saturated rings. The van der Waals surface area contributed by atoms with Crippen molar-refractivity contribution < 1.29 is 9.53 Å². The molecule has 1 N–H and O–H groups in total. The second-order valence-electron chi connectivity index (χ2n) is 9.38. The Morgan fingerprint density at radius 2 is 1.72 bits per heavy atom. The summed E-state index contributed by atoms with van der Waals surface area (Å²) < 4.78 is 7.60. The lowest BCUT2D eigenvalue weighted by Crippen LogP contribution is -2.47. The lowest BCUT2D eigenvalue weighted by atomic mass is 9.85. The number of hydrogen-bond donors (Lipinski definition) is 1. The van der Waals surface area contributed by atoms with Crippen molar-refractivity contribution in [2.75, 3.05) is 0 Å². The van der Waals surface area contributed by atoms with Crippen LogP contribution in [0.5, 0.6) is 0 Å². The molecule has 0 aliphatic rings. The van der Waals surface area contributed by atoms with Gasteiger partial charge >= 0.3 is 6.09 Å². The third-order valence-electron chi connectivity index (χ3n) is 4.38. The van der Waals surface area contributed by atoms with Gasteiger partial charge in [0.1, 0.15) is 5.60 Å². The first kappa shape index (κ1) is 21.5. The van der Waals surface area contributed by atoms with Crippen molar-refractivity contribution in [3.63, 3.8) is 0 Å². The first-order chi connectivity index (χ1) is 11.3. The highest BCUT2D eigenvalue weighted by atomic mass is 16.6. The lowest BCUT2D eigenvalue weighted by molar-refractivity contribution is 0.0471. The van der Waals surface area contributed by atoms with Crippen LogP contribution in [0.15, 0.2) is 12.5 Å². The quantitative estimate of drug-likeness (QED) is 0.777. The summed E-state index contributed by atoms with van der Waals surface area (Å²) in [4.78, 5) is 16.4. The molecule has 25 heavy (non-hydrogen) atoms. The third-order valence-corrected chi connectivity index (χ3v) is 4.38. The predicted molar refractivity (Wildman–Crippen MR) is 103 cm³/mol. The Morgan fingerprint density at radius 3 is 2.20 bits per heavy atom. The van der Waals surface area contributed by atoms with Crippen molar-refractivity contribution in [1.29, 1.82) is 0 Å². The molecule has 5 nitrogen and oxygen atoms in total. The molecule has 0 unspecified atom stereocenters. The van der Waals surface area contributed by atoms with Crippen molar-refractivity contribution >= 4 is 6.09 Å². The molecule has 0 atom stereocenters. The molecule has 0 radical (unpaired) electrons. The van der Waals surface area contributed by atoms with Gasteiger partial charge in [0.15, 0.2) is 0 Å². The van der Waals surface area contributed by atoms with Gasteiger partial charge in [-0.2, -0.15) is 0 Å². The maximum absolute atomic E-state index is 12.1. The van der Waals surface area contributed by atoms with Crippen LogP contribution in [0.1, 0.15) is 68.0 Å². The fourth-order valence-corrected chi connectivity index (χ4v) is 3.16. The molecular weight excluding hydrogens is 314 g/mol. The van der Waals surface area contributed by atoms with Crippen molar-refractivity contribution in [2.24, 2.45) is 17.8 Å². The van der Waals surface area contributed by atoms with E-state index in [-0.39, 0.29) is 6.09 Å². The van der Waals surface area contributed by atoms with Crippen LogP contribution >= 0.6 is 0 Å². The summed E-state index contributed by atoms with van der Waals surface area (Å²) in [7, 11) is 0. The van der Waals surface area contributed by atoms with E-state index in [9.17, 15) is 4.79 Å². The van der Waals surface area contributed by atoms with Gasteiger partial charge in [-0.15, -0.1) is 0 Å². The van der Waals surface area contributed by atoms with Crippen molar-refractivity contribution in [3.8, 4) is 0 Å². The fraction of sp³-hybridized carbons (Fsp3) is 0.800. The molecule has 0 saturated heterocycles. The van der Waals surface area contributed by atoms with Crippen molar-refractivity contribution in [3.05, 3.63) is 18.2 Å². The Labute approximate surface area is 153 Å². The third kappa shape index (κ3) is 7.49. The first-order valence-corrected chi connectivity index (χ1v) is 9.31. The smallest absolute Gasteiger partial charge is 0.408 e. The number of carbonyl (C=O) groups is 1. The summed E-state index contributed by atoms with van der Waals surface area (Å²) in [5, 5.41) is 2.97. The zero-order valence-electron chi connectivity index (χ0n) is 17.5. The summed E-state index contributed by atoms with van der Waals surface area (Å²) >= 11 is 0. The summed E-state index contributed by atoms with van der Waals surface area (Å²) in [5.41, 5.74) is 0.224. The molecule has 1 heterocycles. The van der Waals surface area contributed by atoms with Gasteiger partial charge in [-0.1, -0.05) is 27.7 Å². The molecule has 1 aromatic rings. The number of imidazole rings is 1. The molecule has 5 heteroatoms. The van der Waals surface area contributed by atoms with E-state index in [2.05, 4.69) is 42.6 Å². The number of ether oxygens (including phenoxy) is 1. The Bertz CT molecular complexity index is 546. The van der Waals surface area contributed by atoms with E-state index in [0.29, 0.717) is 24.2 Å². The van der Waals surface area contributed by atoms with Gasteiger partial charge in [-0.05, 0) is 52.4 Å². The number of nitrogens with zero attached hydrogens (tertiary/aromatic N) is 2. The van der Waals surface area contributed by atoms with E-state index in [0.717, 1.165) is 12.2 Å². The Kier molecular flexibility index (Phi) is 7.09. The maximum atomic E-state index is 12.1. The highest BCUT2D eigenvalue weighted by molar-refractivity contribution is 5.68. The molecule has 1 aromatic heterocycles. The van der Waals surface area contributed by atoms with Crippen molar-refractivity contribution in [1.82, 2.24) is 14.9 Å². The van der Waals surface area contributed by atoms with Crippen LogP contribution in [-0.2, 0) is 17.7 Å². The monoisotopic (exact) mass is 351 g/mol. The molecule has 1 rings (SSSR count). The molecule has 0 bridgehead atoms. The number of rotatable bonds is 7. The number of alkyl carbamates (subject to hydrolysis) is 1. The Morgan fingerprint density at radius 1 is 1.16 bits per heavy atom. The maximum Gasteiger partial charge on any atom is 0.408 e. The second-order valence-corrected chi connectivity index (χ2v) is 9.38. The van der Waals surface area contributed by atoms with E-state index < -0.39 is 11.1 Å². The number of hydrogen-bond acceptors (Lipinski definition) is 3. The zero-order chi connectivity index (χ0) is 19.4. The number of nitrogens with one attached hydrogen (secondary N) is 1. The second kappa shape index (κ2) is 8.24. The highest BCUT2D eigenvalue weighted by Gasteiger charge is 2.27. The van der Waals surface area contributed by atoms with Gasteiger partial charge in [0.2, 0.25) is 0 Å². The topological polar surface area (TPSA) is 56.2 Å². The van der Waals surface area contributed by atoms with E-state index in [1.807, 2.05) is 47.1 Å². The minimum atomic E-state index is -0.496. The molecule has 144 valence electrons. The van der Waals surface area contributed by atoms with Crippen LogP contribution in [0.3, 0.4) is 0 Å². The minimum Gasteiger partial charge on any atom is -0.444 e. The highest BCUT2D eigenvalue weighted by Crippen LogP contribution is 2.24. The lowest BCUT2D eigenvalue weighted by Gasteiger charge is -2.30. The SMILES string of the molecule is CC(C)C(Cn1cncc1CC(C)(C)NC(=O)OC(C)(C)C)C(C)C. The van der Waals surface area contributed by atoms with Crippen LogP contribution in [0.4, 0.5) is 4.79 Å². The van der Waals surface area contributed by atoms with Gasteiger partial charge < -0.3 is 14.6 Å². The summed E-state index contributed by atoms with van der Waals surface area (Å²) in [6, 6.07) is 0. The van der Waals surface area contributed by atoms with Gasteiger partial charge in [-0.3, -0.25) is 0 Å². The number of carbonyl (C=O) groups excluding carboxylic acids is 1. The zero-order valence-corrected chi connectivity index (χ0v) is 17.5. The average Bonchev–Trinajstić information content (AvgIpc) is 2.77. The molecule has 0 spiro atoms. The summed E-state index contributed by atoms with van der Waals surface area (Å²) in [6.45, 7) is 19.7. The van der Waals surface area contributed by atoms with Crippen LogP contribution in [-0.4, -0.2) is 26.8 Å². The van der Waals surface area contributed by atoms with E-state index in [4.69, 9.17) is 4.74 Å².